The Labute approximate surface area is 121 Å². The first-order chi connectivity index (χ1) is 9.83. The Morgan fingerprint density at radius 2 is 1.85 bits per heavy atom. The van der Waals surface area contributed by atoms with Crippen molar-refractivity contribution in [1.29, 1.82) is 0 Å². The van der Waals surface area contributed by atoms with Crippen molar-refractivity contribution < 1.29 is 4.42 Å². The number of rotatable bonds is 4. The Hall–Kier alpha value is -1.54. The number of furan rings is 1. The SMILES string of the molecule is Cc1ccc(CNC2CCCCC2c2ccccc2)o1. The molecule has 0 radical (unpaired) electrons. The summed E-state index contributed by atoms with van der Waals surface area (Å²) in [4.78, 5) is 0. The van der Waals surface area contributed by atoms with Crippen molar-refractivity contribution in [1.82, 2.24) is 5.32 Å². The van der Waals surface area contributed by atoms with E-state index in [1.165, 1.54) is 31.2 Å². The second-order valence-electron chi connectivity index (χ2n) is 5.80. The smallest absolute Gasteiger partial charge is 0.117 e. The van der Waals surface area contributed by atoms with Crippen LogP contribution in [-0.4, -0.2) is 6.04 Å². The zero-order valence-electron chi connectivity index (χ0n) is 12.1. The molecule has 3 rings (SSSR count). The van der Waals surface area contributed by atoms with Crippen LogP contribution in [0.25, 0.3) is 0 Å². The predicted molar refractivity (Wildman–Crippen MR) is 81.7 cm³/mol. The average molecular weight is 269 g/mol. The maximum atomic E-state index is 5.65. The first kappa shape index (κ1) is 13.4. The van der Waals surface area contributed by atoms with Gasteiger partial charge in [0.2, 0.25) is 0 Å². The summed E-state index contributed by atoms with van der Waals surface area (Å²) >= 11 is 0. The van der Waals surface area contributed by atoms with Gasteiger partial charge >= 0.3 is 0 Å². The van der Waals surface area contributed by atoms with E-state index in [1.54, 1.807) is 0 Å². The molecule has 2 unspecified atom stereocenters. The van der Waals surface area contributed by atoms with E-state index in [-0.39, 0.29) is 0 Å². The highest BCUT2D eigenvalue weighted by molar-refractivity contribution is 5.22. The summed E-state index contributed by atoms with van der Waals surface area (Å²) in [6.07, 6.45) is 5.23. The van der Waals surface area contributed by atoms with Crippen LogP contribution >= 0.6 is 0 Å². The van der Waals surface area contributed by atoms with E-state index in [2.05, 4.69) is 41.7 Å². The molecule has 0 bridgehead atoms. The molecule has 1 aromatic carbocycles. The third-order valence-electron chi connectivity index (χ3n) is 4.33. The van der Waals surface area contributed by atoms with Gasteiger partial charge in [-0.15, -0.1) is 0 Å². The Bertz CT molecular complexity index is 531. The van der Waals surface area contributed by atoms with Crippen molar-refractivity contribution in [3.05, 3.63) is 59.5 Å². The zero-order valence-corrected chi connectivity index (χ0v) is 12.1. The van der Waals surface area contributed by atoms with Gasteiger partial charge < -0.3 is 9.73 Å². The van der Waals surface area contributed by atoms with Crippen LogP contribution in [0.4, 0.5) is 0 Å². The van der Waals surface area contributed by atoms with Gasteiger partial charge in [0.25, 0.3) is 0 Å². The van der Waals surface area contributed by atoms with Crippen molar-refractivity contribution in [2.45, 2.75) is 51.1 Å². The monoisotopic (exact) mass is 269 g/mol. The van der Waals surface area contributed by atoms with Crippen LogP contribution in [0.5, 0.6) is 0 Å². The molecule has 1 saturated carbocycles. The Balaban J connectivity index is 1.66. The molecule has 1 aliphatic carbocycles. The topological polar surface area (TPSA) is 25.2 Å². The van der Waals surface area contributed by atoms with E-state index >= 15 is 0 Å². The van der Waals surface area contributed by atoms with Crippen molar-refractivity contribution in [2.24, 2.45) is 0 Å². The zero-order chi connectivity index (χ0) is 13.8. The Morgan fingerprint density at radius 1 is 1.05 bits per heavy atom. The van der Waals surface area contributed by atoms with Gasteiger partial charge in [0.05, 0.1) is 6.54 Å². The predicted octanol–water partition coefficient (Wildman–Crippen LogP) is 4.40. The normalized spacial score (nSPS) is 22.9. The molecular formula is C18H23NO. The molecule has 0 saturated heterocycles. The van der Waals surface area contributed by atoms with Crippen LogP contribution in [-0.2, 0) is 6.54 Å². The lowest BCUT2D eigenvalue weighted by Gasteiger charge is -2.32. The fourth-order valence-corrected chi connectivity index (χ4v) is 3.29. The van der Waals surface area contributed by atoms with E-state index < -0.39 is 0 Å². The number of aryl methyl sites for hydroxylation is 1. The lowest BCUT2D eigenvalue weighted by atomic mass is 9.80. The molecule has 0 spiro atoms. The first-order valence-electron chi connectivity index (χ1n) is 7.66. The third-order valence-corrected chi connectivity index (χ3v) is 4.33. The van der Waals surface area contributed by atoms with Gasteiger partial charge in [0, 0.05) is 6.04 Å². The molecule has 1 fully saturated rings. The van der Waals surface area contributed by atoms with Crippen molar-refractivity contribution in [2.75, 3.05) is 0 Å². The Morgan fingerprint density at radius 3 is 2.60 bits per heavy atom. The molecule has 1 heterocycles. The van der Waals surface area contributed by atoms with Crippen LogP contribution in [0, 0.1) is 6.92 Å². The third kappa shape index (κ3) is 3.13. The Kier molecular flexibility index (Phi) is 4.22. The quantitative estimate of drug-likeness (QED) is 0.889. The van der Waals surface area contributed by atoms with Crippen LogP contribution in [0.2, 0.25) is 0 Å². The second-order valence-corrected chi connectivity index (χ2v) is 5.80. The van der Waals surface area contributed by atoms with Gasteiger partial charge in [-0.3, -0.25) is 0 Å². The second kappa shape index (κ2) is 6.27. The van der Waals surface area contributed by atoms with Crippen LogP contribution < -0.4 is 5.32 Å². The largest absolute Gasteiger partial charge is 0.465 e. The van der Waals surface area contributed by atoms with E-state index in [0.29, 0.717) is 12.0 Å². The van der Waals surface area contributed by atoms with Gasteiger partial charge in [-0.05, 0) is 43.4 Å². The molecule has 1 N–H and O–H groups in total. The summed E-state index contributed by atoms with van der Waals surface area (Å²) in [6, 6.07) is 15.6. The standard InChI is InChI=1S/C18H23NO/c1-14-11-12-16(20-14)13-19-18-10-6-5-9-17(18)15-7-3-2-4-8-15/h2-4,7-8,11-12,17-19H,5-6,9-10,13H2,1H3. The first-order valence-corrected chi connectivity index (χ1v) is 7.66. The lowest BCUT2D eigenvalue weighted by Crippen LogP contribution is -2.36. The number of hydrogen-bond acceptors (Lipinski definition) is 2. The van der Waals surface area contributed by atoms with E-state index in [9.17, 15) is 0 Å². The molecule has 1 aliphatic rings. The van der Waals surface area contributed by atoms with Gasteiger partial charge in [-0.2, -0.15) is 0 Å². The minimum atomic E-state index is 0.566. The highest BCUT2D eigenvalue weighted by Gasteiger charge is 2.26. The van der Waals surface area contributed by atoms with Crippen LogP contribution in [0.3, 0.4) is 0 Å². The molecule has 20 heavy (non-hydrogen) atoms. The average Bonchev–Trinajstić information content (AvgIpc) is 2.92. The molecule has 2 atom stereocenters. The summed E-state index contributed by atoms with van der Waals surface area (Å²) in [5.74, 6) is 2.67. The molecule has 0 aliphatic heterocycles. The van der Waals surface area contributed by atoms with E-state index in [0.717, 1.165) is 18.1 Å². The minimum Gasteiger partial charge on any atom is -0.465 e. The summed E-state index contributed by atoms with van der Waals surface area (Å²) < 4.78 is 5.65. The van der Waals surface area contributed by atoms with Gasteiger partial charge in [0.1, 0.15) is 11.5 Å². The van der Waals surface area contributed by atoms with E-state index in [1.807, 2.05) is 13.0 Å². The van der Waals surface area contributed by atoms with Gasteiger partial charge in [0.15, 0.2) is 0 Å². The van der Waals surface area contributed by atoms with Crippen LogP contribution in [0.15, 0.2) is 46.9 Å². The summed E-state index contributed by atoms with van der Waals surface area (Å²) in [5, 5.41) is 3.71. The maximum absolute atomic E-state index is 5.65. The van der Waals surface area contributed by atoms with Gasteiger partial charge in [-0.1, -0.05) is 43.2 Å². The van der Waals surface area contributed by atoms with Crippen molar-refractivity contribution in [3.8, 4) is 0 Å². The summed E-state index contributed by atoms with van der Waals surface area (Å²) in [7, 11) is 0. The molecule has 106 valence electrons. The fraction of sp³-hybridized carbons (Fsp3) is 0.444. The maximum Gasteiger partial charge on any atom is 0.117 e. The molecule has 0 amide bonds. The van der Waals surface area contributed by atoms with Gasteiger partial charge in [-0.25, -0.2) is 0 Å². The highest BCUT2D eigenvalue weighted by Crippen LogP contribution is 2.33. The molecule has 2 nitrogen and oxygen atoms in total. The lowest BCUT2D eigenvalue weighted by molar-refractivity contribution is 0.315. The minimum absolute atomic E-state index is 0.566. The van der Waals surface area contributed by atoms with Crippen LogP contribution in [0.1, 0.15) is 48.7 Å². The number of benzene rings is 1. The number of hydrogen-bond donors (Lipinski definition) is 1. The summed E-state index contributed by atoms with van der Waals surface area (Å²) in [5.41, 5.74) is 1.47. The molecular weight excluding hydrogens is 246 g/mol. The molecule has 2 heteroatoms. The fourth-order valence-electron chi connectivity index (χ4n) is 3.29. The molecule has 2 aromatic rings. The molecule has 1 aromatic heterocycles. The number of nitrogens with one attached hydrogen (secondary N) is 1. The van der Waals surface area contributed by atoms with E-state index in [4.69, 9.17) is 4.42 Å². The van der Waals surface area contributed by atoms with Crippen molar-refractivity contribution >= 4 is 0 Å². The van der Waals surface area contributed by atoms with Crippen molar-refractivity contribution in [3.63, 3.8) is 0 Å². The summed E-state index contributed by atoms with van der Waals surface area (Å²) in [6.45, 7) is 2.83. The highest BCUT2D eigenvalue weighted by atomic mass is 16.3.